The molecule has 0 aliphatic carbocycles. The van der Waals surface area contributed by atoms with Crippen molar-refractivity contribution < 1.29 is 9.53 Å². The largest absolute Gasteiger partial charge is 0.423 e. The zero-order chi connectivity index (χ0) is 11.4. The summed E-state index contributed by atoms with van der Waals surface area (Å²) in [6, 6.07) is 16.4. The van der Waals surface area contributed by atoms with Gasteiger partial charge in [0.05, 0.1) is 5.56 Å². The van der Waals surface area contributed by atoms with Gasteiger partial charge in [0.15, 0.2) is 0 Å². The van der Waals surface area contributed by atoms with Gasteiger partial charge in [0.25, 0.3) is 0 Å². The van der Waals surface area contributed by atoms with Gasteiger partial charge in [0, 0.05) is 0 Å². The van der Waals surface area contributed by atoms with Gasteiger partial charge < -0.3 is 4.74 Å². The van der Waals surface area contributed by atoms with Crippen molar-refractivity contribution >= 4 is 5.97 Å². The number of hydrogen-bond donors (Lipinski definition) is 0. The van der Waals surface area contributed by atoms with E-state index in [9.17, 15) is 4.79 Å². The molecule has 0 saturated heterocycles. The summed E-state index contributed by atoms with van der Waals surface area (Å²) in [6.07, 6.45) is 0. The number of esters is 1. The van der Waals surface area contributed by atoms with Gasteiger partial charge in [-0.25, -0.2) is 4.79 Å². The average molecular weight is 212 g/mol. The molecule has 2 aromatic carbocycles. The fourth-order valence-corrected chi connectivity index (χ4v) is 1.45. The fraction of sp³-hybridized carbons (Fsp3) is 0.0714. The first kappa shape index (κ1) is 10.4. The van der Waals surface area contributed by atoms with E-state index in [0.717, 1.165) is 5.56 Å². The lowest BCUT2D eigenvalue weighted by atomic mass is 10.1. The van der Waals surface area contributed by atoms with Crippen molar-refractivity contribution in [1.82, 2.24) is 0 Å². The molecule has 0 spiro atoms. The molecular weight excluding hydrogens is 200 g/mol. The van der Waals surface area contributed by atoms with Crippen LogP contribution in [0.5, 0.6) is 5.75 Å². The Morgan fingerprint density at radius 1 is 0.938 bits per heavy atom. The van der Waals surface area contributed by atoms with Crippen LogP contribution >= 0.6 is 0 Å². The third-order valence-corrected chi connectivity index (χ3v) is 2.32. The SMILES string of the molecule is Cc1ccccc1C(=O)Oc1ccccc1. The van der Waals surface area contributed by atoms with Crippen LogP contribution in [0.1, 0.15) is 15.9 Å². The third kappa shape index (κ3) is 2.28. The van der Waals surface area contributed by atoms with Gasteiger partial charge in [-0.3, -0.25) is 0 Å². The summed E-state index contributed by atoms with van der Waals surface area (Å²) in [4.78, 5) is 11.8. The van der Waals surface area contributed by atoms with Crippen LogP contribution < -0.4 is 4.74 Å². The van der Waals surface area contributed by atoms with Crippen LogP contribution in [0.2, 0.25) is 0 Å². The van der Waals surface area contributed by atoms with E-state index in [0.29, 0.717) is 11.3 Å². The molecule has 0 atom stereocenters. The Labute approximate surface area is 94.5 Å². The Kier molecular flexibility index (Phi) is 3.01. The van der Waals surface area contributed by atoms with Crippen molar-refractivity contribution in [3.63, 3.8) is 0 Å². The van der Waals surface area contributed by atoms with Gasteiger partial charge in [0.1, 0.15) is 5.75 Å². The molecule has 0 N–H and O–H groups in total. The van der Waals surface area contributed by atoms with Crippen LogP contribution in [0, 0.1) is 6.92 Å². The minimum absolute atomic E-state index is 0.315. The Morgan fingerprint density at radius 3 is 2.25 bits per heavy atom. The number of aryl methyl sites for hydroxylation is 1. The molecule has 2 nitrogen and oxygen atoms in total. The highest BCUT2D eigenvalue weighted by Gasteiger charge is 2.09. The fourth-order valence-electron chi connectivity index (χ4n) is 1.45. The van der Waals surface area contributed by atoms with E-state index in [2.05, 4.69) is 0 Å². The van der Waals surface area contributed by atoms with Crippen LogP contribution in [0.3, 0.4) is 0 Å². The number of carbonyl (C=O) groups is 1. The number of rotatable bonds is 2. The van der Waals surface area contributed by atoms with Crippen LogP contribution in [-0.2, 0) is 0 Å². The predicted octanol–water partition coefficient (Wildman–Crippen LogP) is 3.21. The van der Waals surface area contributed by atoms with Crippen molar-refractivity contribution in [2.24, 2.45) is 0 Å². The molecule has 80 valence electrons. The van der Waals surface area contributed by atoms with Gasteiger partial charge in [0.2, 0.25) is 0 Å². The molecule has 0 saturated carbocycles. The summed E-state index contributed by atoms with van der Waals surface area (Å²) in [5.41, 5.74) is 1.52. The van der Waals surface area contributed by atoms with E-state index in [1.807, 2.05) is 43.3 Å². The van der Waals surface area contributed by atoms with Crippen LogP contribution in [-0.4, -0.2) is 5.97 Å². The summed E-state index contributed by atoms with van der Waals surface area (Å²) < 4.78 is 5.24. The predicted molar refractivity (Wildman–Crippen MR) is 62.6 cm³/mol. The molecular formula is C14H12O2. The number of para-hydroxylation sites is 1. The lowest BCUT2D eigenvalue weighted by Gasteiger charge is -2.05. The van der Waals surface area contributed by atoms with Gasteiger partial charge in [-0.05, 0) is 30.7 Å². The molecule has 0 aliphatic rings. The van der Waals surface area contributed by atoms with Crippen molar-refractivity contribution in [2.45, 2.75) is 6.92 Å². The van der Waals surface area contributed by atoms with E-state index in [1.54, 1.807) is 18.2 Å². The second-order valence-corrected chi connectivity index (χ2v) is 3.52. The molecule has 0 fully saturated rings. The highest BCUT2D eigenvalue weighted by molar-refractivity contribution is 5.92. The Bertz CT molecular complexity index is 489. The molecule has 2 aromatic rings. The van der Waals surface area contributed by atoms with Crippen molar-refractivity contribution in [2.75, 3.05) is 0 Å². The number of benzene rings is 2. The summed E-state index contributed by atoms with van der Waals surface area (Å²) >= 11 is 0. The second kappa shape index (κ2) is 4.62. The average Bonchev–Trinajstić information content (AvgIpc) is 2.31. The van der Waals surface area contributed by atoms with Crippen molar-refractivity contribution in [3.8, 4) is 5.75 Å². The maximum Gasteiger partial charge on any atom is 0.343 e. The highest BCUT2D eigenvalue weighted by Crippen LogP contribution is 2.13. The Hall–Kier alpha value is -2.09. The van der Waals surface area contributed by atoms with E-state index in [-0.39, 0.29) is 5.97 Å². The van der Waals surface area contributed by atoms with Gasteiger partial charge in [-0.1, -0.05) is 36.4 Å². The molecule has 0 unspecified atom stereocenters. The van der Waals surface area contributed by atoms with Gasteiger partial charge in [-0.2, -0.15) is 0 Å². The van der Waals surface area contributed by atoms with E-state index in [4.69, 9.17) is 4.74 Å². The second-order valence-electron chi connectivity index (χ2n) is 3.52. The molecule has 2 rings (SSSR count). The van der Waals surface area contributed by atoms with Gasteiger partial charge in [-0.15, -0.1) is 0 Å². The first-order valence-electron chi connectivity index (χ1n) is 5.10. The quantitative estimate of drug-likeness (QED) is 0.564. The molecule has 0 aliphatic heterocycles. The molecule has 2 heteroatoms. The summed E-state index contributed by atoms with van der Waals surface area (Å²) in [5, 5.41) is 0. The first-order chi connectivity index (χ1) is 7.77. The maximum atomic E-state index is 11.8. The standard InChI is InChI=1S/C14H12O2/c1-11-7-5-6-10-13(11)14(15)16-12-8-3-2-4-9-12/h2-10H,1H3. The summed E-state index contributed by atoms with van der Waals surface area (Å²) in [5.74, 6) is 0.250. The number of hydrogen-bond acceptors (Lipinski definition) is 2. The normalized spacial score (nSPS) is 9.81. The van der Waals surface area contributed by atoms with E-state index in [1.165, 1.54) is 0 Å². The molecule has 0 heterocycles. The van der Waals surface area contributed by atoms with Crippen molar-refractivity contribution in [3.05, 3.63) is 65.7 Å². The lowest BCUT2D eigenvalue weighted by Crippen LogP contribution is -2.09. The minimum atomic E-state index is -0.315. The Balaban J connectivity index is 2.19. The van der Waals surface area contributed by atoms with E-state index >= 15 is 0 Å². The summed E-state index contributed by atoms with van der Waals surface area (Å²) in [6.45, 7) is 1.89. The van der Waals surface area contributed by atoms with Crippen LogP contribution in [0.15, 0.2) is 54.6 Å². The monoisotopic (exact) mass is 212 g/mol. The molecule has 0 radical (unpaired) electrons. The molecule has 0 bridgehead atoms. The smallest absolute Gasteiger partial charge is 0.343 e. The highest BCUT2D eigenvalue weighted by atomic mass is 16.5. The maximum absolute atomic E-state index is 11.8. The topological polar surface area (TPSA) is 26.3 Å². The molecule has 16 heavy (non-hydrogen) atoms. The molecule has 0 aromatic heterocycles. The minimum Gasteiger partial charge on any atom is -0.423 e. The first-order valence-corrected chi connectivity index (χ1v) is 5.10. The van der Waals surface area contributed by atoms with Crippen molar-refractivity contribution in [1.29, 1.82) is 0 Å². The van der Waals surface area contributed by atoms with Crippen LogP contribution in [0.25, 0.3) is 0 Å². The van der Waals surface area contributed by atoms with Crippen LogP contribution in [0.4, 0.5) is 0 Å². The van der Waals surface area contributed by atoms with E-state index < -0.39 is 0 Å². The number of carbonyl (C=O) groups excluding carboxylic acids is 1. The lowest BCUT2D eigenvalue weighted by molar-refractivity contribution is 0.0734. The summed E-state index contributed by atoms with van der Waals surface area (Å²) in [7, 11) is 0. The zero-order valence-electron chi connectivity index (χ0n) is 9.01. The zero-order valence-corrected chi connectivity index (χ0v) is 9.01. The third-order valence-electron chi connectivity index (χ3n) is 2.32. The Morgan fingerprint density at radius 2 is 1.56 bits per heavy atom. The molecule has 0 amide bonds. The number of ether oxygens (including phenoxy) is 1. The van der Waals surface area contributed by atoms with Gasteiger partial charge >= 0.3 is 5.97 Å².